The molecule has 1 fully saturated rings. The number of nitrogens with one attached hydrogen (secondary N) is 1. The van der Waals surface area contributed by atoms with E-state index < -0.39 is 17.2 Å². The summed E-state index contributed by atoms with van der Waals surface area (Å²) in [6.45, 7) is 7.63. The smallest absolute Gasteiger partial charge is 0.410 e. The SMILES string of the molecule is CC(C)(C)OC(=O)N1CCN(C(=O)Nc2ccc(CCCCCCOc3cccc(F)c3F)cc2)CC1. The van der Waals surface area contributed by atoms with Gasteiger partial charge in [0.2, 0.25) is 5.82 Å². The van der Waals surface area contributed by atoms with Crippen LogP contribution in [-0.4, -0.2) is 60.3 Å². The van der Waals surface area contributed by atoms with Gasteiger partial charge in [0.05, 0.1) is 6.61 Å². The summed E-state index contributed by atoms with van der Waals surface area (Å²) in [5.41, 5.74) is 1.37. The standard InChI is InChI=1S/C28H37F2N3O4/c1-28(2,3)37-27(35)33-18-16-32(17-19-33)26(34)31-22-14-12-21(13-15-22)9-6-4-5-7-20-36-24-11-8-10-23(29)25(24)30/h8,10-15H,4-7,9,16-20H2,1-3H3,(H,31,34). The Balaban J connectivity index is 1.30. The number of nitrogens with zero attached hydrogens (tertiary/aromatic N) is 2. The van der Waals surface area contributed by atoms with Gasteiger partial charge in [-0.05, 0) is 69.9 Å². The van der Waals surface area contributed by atoms with E-state index in [1.807, 2.05) is 45.0 Å². The summed E-state index contributed by atoms with van der Waals surface area (Å²) in [7, 11) is 0. The Kier molecular flexibility index (Phi) is 10.1. The van der Waals surface area contributed by atoms with E-state index in [1.54, 1.807) is 9.80 Å². The van der Waals surface area contributed by atoms with E-state index in [9.17, 15) is 18.4 Å². The predicted molar refractivity (Wildman–Crippen MR) is 139 cm³/mol. The molecule has 7 nitrogen and oxygen atoms in total. The van der Waals surface area contributed by atoms with Gasteiger partial charge >= 0.3 is 12.1 Å². The number of unbranched alkanes of at least 4 members (excludes halogenated alkanes) is 3. The zero-order valence-electron chi connectivity index (χ0n) is 21.9. The highest BCUT2D eigenvalue weighted by Crippen LogP contribution is 2.20. The number of carbonyl (C=O) groups is 2. The van der Waals surface area contributed by atoms with Crippen molar-refractivity contribution in [3.05, 3.63) is 59.7 Å². The number of ether oxygens (including phenoxy) is 2. The molecule has 202 valence electrons. The fraction of sp³-hybridized carbons (Fsp3) is 0.500. The summed E-state index contributed by atoms with van der Waals surface area (Å²) >= 11 is 0. The highest BCUT2D eigenvalue weighted by atomic mass is 19.2. The predicted octanol–water partition coefficient (Wildman–Crippen LogP) is 6.23. The maximum atomic E-state index is 13.6. The van der Waals surface area contributed by atoms with Gasteiger partial charge in [-0.15, -0.1) is 0 Å². The molecule has 0 aromatic heterocycles. The second kappa shape index (κ2) is 13.3. The van der Waals surface area contributed by atoms with Crippen LogP contribution < -0.4 is 10.1 Å². The first kappa shape index (κ1) is 28.2. The van der Waals surface area contributed by atoms with Crippen molar-refractivity contribution in [1.82, 2.24) is 9.80 Å². The number of aryl methyl sites for hydroxylation is 1. The van der Waals surface area contributed by atoms with Crippen molar-refractivity contribution in [2.45, 2.75) is 58.5 Å². The van der Waals surface area contributed by atoms with Gasteiger partial charge in [-0.3, -0.25) is 0 Å². The van der Waals surface area contributed by atoms with Crippen molar-refractivity contribution < 1.29 is 27.8 Å². The Hall–Kier alpha value is -3.36. The van der Waals surface area contributed by atoms with Crippen LogP contribution in [0.15, 0.2) is 42.5 Å². The van der Waals surface area contributed by atoms with E-state index in [0.29, 0.717) is 32.8 Å². The normalized spacial score (nSPS) is 13.9. The van der Waals surface area contributed by atoms with E-state index in [2.05, 4.69) is 5.32 Å². The van der Waals surface area contributed by atoms with Crippen molar-refractivity contribution in [3.8, 4) is 5.75 Å². The van der Waals surface area contributed by atoms with Crippen LogP contribution >= 0.6 is 0 Å². The number of halogens is 2. The highest BCUT2D eigenvalue weighted by Gasteiger charge is 2.27. The molecule has 2 aromatic rings. The summed E-state index contributed by atoms with van der Waals surface area (Å²) in [6, 6.07) is 11.5. The van der Waals surface area contributed by atoms with E-state index in [0.717, 1.165) is 43.9 Å². The number of anilines is 1. The molecule has 1 N–H and O–H groups in total. The fourth-order valence-corrected chi connectivity index (χ4v) is 3.94. The van der Waals surface area contributed by atoms with Crippen molar-refractivity contribution in [2.24, 2.45) is 0 Å². The average molecular weight is 518 g/mol. The van der Waals surface area contributed by atoms with Gasteiger partial charge in [0.15, 0.2) is 11.6 Å². The molecule has 0 radical (unpaired) electrons. The van der Waals surface area contributed by atoms with E-state index in [4.69, 9.17) is 9.47 Å². The van der Waals surface area contributed by atoms with E-state index >= 15 is 0 Å². The molecule has 0 spiro atoms. The van der Waals surface area contributed by atoms with Crippen LogP contribution in [0, 0.1) is 11.6 Å². The Morgan fingerprint density at radius 1 is 0.892 bits per heavy atom. The van der Waals surface area contributed by atoms with Crippen LogP contribution in [0.4, 0.5) is 24.1 Å². The number of hydrogen-bond acceptors (Lipinski definition) is 4. The lowest BCUT2D eigenvalue weighted by atomic mass is 10.1. The third-order valence-corrected chi connectivity index (χ3v) is 5.96. The lowest BCUT2D eigenvalue weighted by Crippen LogP contribution is -2.52. The van der Waals surface area contributed by atoms with Gasteiger partial charge in [0.1, 0.15) is 5.60 Å². The minimum absolute atomic E-state index is 0.0461. The minimum Gasteiger partial charge on any atom is -0.490 e. The van der Waals surface area contributed by atoms with Crippen LogP contribution in [0.1, 0.15) is 52.0 Å². The van der Waals surface area contributed by atoms with Crippen LogP contribution in [-0.2, 0) is 11.2 Å². The summed E-state index contributed by atoms with van der Waals surface area (Å²) in [4.78, 5) is 28.1. The van der Waals surface area contributed by atoms with Gasteiger partial charge in [0, 0.05) is 31.9 Å². The molecular formula is C28H37F2N3O4. The van der Waals surface area contributed by atoms with Gasteiger partial charge in [-0.2, -0.15) is 4.39 Å². The summed E-state index contributed by atoms with van der Waals surface area (Å²) in [5, 5.41) is 2.92. The zero-order chi connectivity index (χ0) is 26.8. The van der Waals surface area contributed by atoms with Crippen LogP contribution in [0.2, 0.25) is 0 Å². The first-order valence-corrected chi connectivity index (χ1v) is 12.8. The molecule has 1 aliphatic heterocycles. The molecule has 2 aromatic carbocycles. The van der Waals surface area contributed by atoms with E-state index in [1.165, 1.54) is 17.7 Å². The Labute approximate surface area is 217 Å². The number of amides is 3. The maximum Gasteiger partial charge on any atom is 0.410 e. The number of rotatable bonds is 9. The quantitative estimate of drug-likeness (QED) is 0.400. The van der Waals surface area contributed by atoms with Gasteiger partial charge < -0.3 is 24.6 Å². The number of carbonyl (C=O) groups excluding carboxylic acids is 2. The van der Waals surface area contributed by atoms with Crippen molar-refractivity contribution in [2.75, 3.05) is 38.1 Å². The summed E-state index contributed by atoms with van der Waals surface area (Å²) in [5.74, 6) is -1.89. The minimum atomic E-state index is -0.942. The van der Waals surface area contributed by atoms with Gasteiger partial charge in [-0.25, -0.2) is 14.0 Å². The molecule has 3 rings (SSSR count). The monoisotopic (exact) mass is 517 g/mol. The third-order valence-electron chi connectivity index (χ3n) is 5.96. The molecule has 9 heteroatoms. The van der Waals surface area contributed by atoms with Crippen LogP contribution in [0.25, 0.3) is 0 Å². The van der Waals surface area contributed by atoms with Gasteiger partial charge in [-0.1, -0.05) is 31.0 Å². The average Bonchev–Trinajstić information content (AvgIpc) is 2.86. The largest absolute Gasteiger partial charge is 0.490 e. The summed E-state index contributed by atoms with van der Waals surface area (Å²) < 4.78 is 37.5. The number of benzene rings is 2. The third kappa shape index (κ3) is 9.22. The number of urea groups is 1. The molecule has 1 saturated heterocycles. The molecule has 0 unspecified atom stereocenters. The Morgan fingerprint density at radius 2 is 1.54 bits per heavy atom. The first-order chi connectivity index (χ1) is 17.6. The lowest BCUT2D eigenvalue weighted by molar-refractivity contribution is 0.0174. The van der Waals surface area contributed by atoms with Crippen LogP contribution in [0.3, 0.4) is 0 Å². The van der Waals surface area contributed by atoms with Gasteiger partial charge in [0.25, 0.3) is 0 Å². The number of hydrogen-bond donors (Lipinski definition) is 1. The van der Waals surface area contributed by atoms with Crippen molar-refractivity contribution in [3.63, 3.8) is 0 Å². The molecule has 3 amide bonds. The lowest BCUT2D eigenvalue weighted by Gasteiger charge is -2.35. The zero-order valence-corrected chi connectivity index (χ0v) is 21.9. The molecule has 0 atom stereocenters. The second-order valence-corrected chi connectivity index (χ2v) is 10.1. The van der Waals surface area contributed by atoms with Crippen LogP contribution in [0.5, 0.6) is 5.75 Å². The van der Waals surface area contributed by atoms with Crippen molar-refractivity contribution in [1.29, 1.82) is 0 Å². The fourth-order valence-electron chi connectivity index (χ4n) is 3.94. The van der Waals surface area contributed by atoms with Crippen molar-refractivity contribution >= 4 is 17.8 Å². The molecule has 1 aliphatic rings. The molecule has 0 saturated carbocycles. The molecule has 1 heterocycles. The number of piperazine rings is 1. The topological polar surface area (TPSA) is 71.1 Å². The highest BCUT2D eigenvalue weighted by molar-refractivity contribution is 5.89. The first-order valence-electron chi connectivity index (χ1n) is 12.8. The molecule has 0 bridgehead atoms. The Morgan fingerprint density at radius 3 is 2.22 bits per heavy atom. The van der Waals surface area contributed by atoms with E-state index in [-0.39, 0.29) is 17.9 Å². The maximum absolute atomic E-state index is 13.6. The Bertz CT molecular complexity index is 1030. The molecular weight excluding hydrogens is 480 g/mol. The summed E-state index contributed by atoms with van der Waals surface area (Å²) in [6.07, 6.45) is 4.28. The molecule has 0 aliphatic carbocycles. The second-order valence-electron chi connectivity index (χ2n) is 10.1. The molecule has 37 heavy (non-hydrogen) atoms.